The third-order valence-electron chi connectivity index (χ3n) is 8.09. The molecule has 0 aliphatic carbocycles. The number of hydrogen-bond donors (Lipinski definition) is 1. The van der Waals surface area contributed by atoms with Crippen molar-refractivity contribution in [1.29, 1.82) is 0 Å². The van der Waals surface area contributed by atoms with Crippen molar-refractivity contribution in [3.63, 3.8) is 0 Å². The normalized spacial score (nSPS) is 14.6. The molecule has 2 heterocycles. The number of anilines is 1. The molecule has 8 heteroatoms. The predicted molar refractivity (Wildman–Crippen MR) is 170 cm³/mol. The Hall–Kier alpha value is -4.23. The lowest BCUT2D eigenvalue weighted by molar-refractivity contribution is -0.137. The van der Waals surface area contributed by atoms with Crippen molar-refractivity contribution < 1.29 is 14.7 Å². The zero-order chi connectivity index (χ0) is 30.2. The zero-order valence-corrected chi connectivity index (χ0v) is 25.2. The van der Waals surface area contributed by atoms with Gasteiger partial charge in [0.25, 0.3) is 5.91 Å². The summed E-state index contributed by atoms with van der Waals surface area (Å²) in [5.41, 5.74) is 5.67. The average molecular weight is 597 g/mol. The van der Waals surface area contributed by atoms with E-state index in [1.165, 1.54) is 16.0 Å². The summed E-state index contributed by atoms with van der Waals surface area (Å²) in [4.78, 5) is 39.0. The van der Waals surface area contributed by atoms with Crippen LogP contribution in [0.15, 0.2) is 85.1 Å². The van der Waals surface area contributed by atoms with E-state index in [9.17, 15) is 14.7 Å². The van der Waals surface area contributed by atoms with E-state index in [2.05, 4.69) is 24.0 Å². The first-order valence-corrected chi connectivity index (χ1v) is 15.2. The van der Waals surface area contributed by atoms with Crippen LogP contribution >= 0.6 is 11.6 Å². The van der Waals surface area contributed by atoms with Crippen LogP contribution in [0.3, 0.4) is 0 Å². The van der Waals surface area contributed by atoms with Gasteiger partial charge >= 0.3 is 5.97 Å². The van der Waals surface area contributed by atoms with Gasteiger partial charge in [-0.15, -0.1) is 0 Å². The van der Waals surface area contributed by atoms with Crippen LogP contribution in [0.5, 0.6) is 0 Å². The summed E-state index contributed by atoms with van der Waals surface area (Å²) < 4.78 is 0. The number of nitrogens with zero attached hydrogens (tertiary/aromatic N) is 4. The number of halogens is 1. The number of aryl methyl sites for hydroxylation is 4. The van der Waals surface area contributed by atoms with E-state index >= 15 is 0 Å². The molecule has 7 nitrogen and oxygen atoms in total. The van der Waals surface area contributed by atoms with Crippen molar-refractivity contribution >= 4 is 29.4 Å². The number of aliphatic carboxylic acids is 1. The van der Waals surface area contributed by atoms with Crippen LogP contribution in [-0.4, -0.2) is 51.5 Å². The molecule has 4 aromatic rings. The van der Waals surface area contributed by atoms with E-state index in [0.717, 1.165) is 36.9 Å². The standard InChI is InChI=1S/C35H37ClN4O3/c1-25-9-5-6-13-27(25)17-20-31-30(34(43)39(24-33(41)42)21-7-12-26-10-3-2-4-11-26)23-37-35(38-31)40-22-8-14-32(40)28-15-18-29(36)19-16-28/h2-6,9-11,13,15-16,18-19,23,32H,7-8,12,14,17,20-22,24H2,1H3,(H,41,42)/t32-/m1/s1. The number of amides is 1. The van der Waals surface area contributed by atoms with Crippen LogP contribution in [-0.2, 0) is 24.1 Å². The molecule has 5 rings (SSSR count). The second kappa shape index (κ2) is 14.3. The monoisotopic (exact) mass is 596 g/mol. The molecule has 0 bridgehead atoms. The summed E-state index contributed by atoms with van der Waals surface area (Å²) in [6.45, 7) is 2.83. The Morgan fingerprint density at radius 2 is 1.72 bits per heavy atom. The van der Waals surface area contributed by atoms with Gasteiger partial charge in [-0.05, 0) is 79.8 Å². The van der Waals surface area contributed by atoms with Crippen molar-refractivity contribution in [1.82, 2.24) is 14.9 Å². The van der Waals surface area contributed by atoms with E-state index < -0.39 is 5.97 Å². The number of rotatable bonds is 12. The highest BCUT2D eigenvalue weighted by Crippen LogP contribution is 2.35. The summed E-state index contributed by atoms with van der Waals surface area (Å²) >= 11 is 6.14. The van der Waals surface area contributed by atoms with Crippen molar-refractivity contribution in [2.24, 2.45) is 0 Å². The lowest BCUT2D eigenvalue weighted by atomic mass is 10.0. The van der Waals surface area contributed by atoms with Gasteiger partial charge in [-0.1, -0.05) is 78.3 Å². The molecule has 0 radical (unpaired) electrons. The zero-order valence-electron chi connectivity index (χ0n) is 24.5. The molecular weight excluding hydrogens is 560 g/mol. The summed E-state index contributed by atoms with van der Waals surface area (Å²) in [6.07, 6.45) is 6.21. The Bertz CT molecular complexity index is 1540. The molecule has 0 saturated carbocycles. The van der Waals surface area contributed by atoms with Crippen molar-refractivity contribution in [3.8, 4) is 0 Å². The second-order valence-corrected chi connectivity index (χ2v) is 11.5. The van der Waals surface area contributed by atoms with Gasteiger partial charge in [0.1, 0.15) is 6.54 Å². The van der Waals surface area contributed by atoms with Gasteiger partial charge in [-0.2, -0.15) is 0 Å². The van der Waals surface area contributed by atoms with Crippen LogP contribution in [0.4, 0.5) is 5.95 Å². The van der Waals surface area contributed by atoms with Gasteiger partial charge in [-0.25, -0.2) is 9.97 Å². The maximum Gasteiger partial charge on any atom is 0.323 e. The topological polar surface area (TPSA) is 86.6 Å². The fraction of sp³-hybridized carbons (Fsp3) is 0.314. The number of carbonyl (C=O) groups excluding carboxylic acids is 1. The fourth-order valence-electron chi connectivity index (χ4n) is 5.80. The number of benzene rings is 3. The Kier molecular flexibility index (Phi) is 10.1. The predicted octanol–water partition coefficient (Wildman–Crippen LogP) is 6.72. The molecule has 43 heavy (non-hydrogen) atoms. The third kappa shape index (κ3) is 7.79. The van der Waals surface area contributed by atoms with E-state index in [1.54, 1.807) is 6.20 Å². The van der Waals surface area contributed by atoms with E-state index in [-0.39, 0.29) is 18.5 Å². The van der Waals surface area contributed by atoms with Crippen molar-refractivity contribution in [2.75, 3.05) is 24.5 Å². The molecular formula is C35H37ClN4O3. The Morgan fingerprint density at radius 1 is 0.977 bits per heavy atom. The molecule has 1 N–H and O–H groups in total. The number of hydrogen-bond acceptors (Lipinski definition) is 5. The molecule has 1 aliphatic heterocycles. The quantitative estimate of drug-likeness (QED) is 0.195. The highest BCUT2D eigenvalue weighted by molar-refractivity contribution is 6.30. The summed E-state index contributed by atoms with van der Waals surface area (Å²) in [7, 11) is 0. The average Bonchev–Trinajstić information content (AvgIpc) is 3.50. The van der Waals surface area contributed by atoms with Crippen LogP contribution in [0.25, 0.3) is 0 Å². The minimum Gasteiger partial charge on any atom is -0.480 e. The molecule has 3 aromatic carbocycles. The van der Waals surface area contributed by atoms with Gasteiger partial charge < -0.3 is 14.9 Å². The minimum atomic E-state index is -1.05. The molecule has 1 atom stereocenters. The van der Waals surface area contributed by atoms with Crippen LogP contribution < -0.4 is 4.90 Å². The first-order valence-electron chi connectivity index (χ1n) is 14.9. The number of carboxylic acid groups (broad SMARTS) is 1. The van der Waals surface area contributed by atoms with Gasteiger partial charge in [0.05, 0.1) is 17.3 Å². The molecule has 1 amide bonds. The summed E-state index contributed by atoms with van der Waals surface area (Å²) in [5.74, 6) is -0.810. The van der Waals surface area contributed by atoms with E-state index in [0.29, 0.717) is 48.0 Å². The van der Waals surface area contributed by atoms with Gasteiger partial charge in [-0.3, -0.25) is 9.59 Å². The summed E-state index contributed by atoms with van der Waals surface area (Å²) in [6, 6.07) is 26.2. The third-order valence-corrected chi connectivity index (χ3v) is 8.34. The Morgan fingerprint density at radius 3 is 2.47 bits per heavy atom. The number of carboxylic acids is 1. The first kappa shape index (κ1) is 30.2. The second-order valence-electron chi connectivity index (χ2n) is 11.1. The van der Waals surface area contributed by atoms with Gasteiger partial charge in [0.15, 0.2) is 0 Å². The van der Waals surface area contributed by atoms with Gasteiger partial charge in [0.2, 0.25) is 5.95 Å². The smallest absolute Gasteiger partial charge is 0.323 e. The minimum absolute atomic E-state index is 0.115. The maximum absolute atomic E-state index is 13.9. The first-order chi connectivity index (χ1) is 20.9. The summed E-state index contributed by atoms with van der Waals surface area (Å²) in [5, 5.41) is 10.3. The lowest BCUT2D eigenvalue weighted by Crippen LogP contribution is -2.37. The van der Waals surface area contributed by atoms with Crippen LogP contribution in [0, 0.1) is 6.92 Å². The molecule has 1 fully saturated rings. The fourth-order valence-corrected chi connectivity index (χ4v) is 5.93. The van der Waals surface area contributed by atoms with Crippen LogP contribution in [0.2, 0.25) is 5.02 Å². The molecule has 0 unspecified atom stereocenters. The van der Waals surface area contributed by atoms with Crippen LogP contribution in [0.1, 0.15) is 63.6 Å². The van der Waals surface area contributed by atoms with E-state index in [4.69, 9.17) is 21.6 Å². The number of carbonyl (C=O) groups is 2. The number of aromatic nitrogens is 2. The van der Waals surface area contributed by atoms with E-state index in [1.807, 2.05) is 66.7 Å². The largest absolute Gasteiger partial charge is 0.480 e. The molecule has 222 valence electrons. The van der Waals surface area contributed by atoms with Crippen molar-refractivity contribution in [2.45, 2.75) is 51.5 Å². The Labute approximate surface area is 258 Å². The molecule has 1 aromatic heterocycles. The highest BCUT2D eigenvalue weighted by atomic mass is 35.5. The SMILES string of the molecule is Cc1ccccc1CCc1nc(N2CCC[C@@H]2c2ccc(Cl)cc2)ncc1C(=O)N(CCCc1ccccc1)CC(=O)O. The Balaban J connectivity index is 1.43. The molecule has 1 aliphatic rings. The molecule has 0 spiro atoms. The van der Waals surface area contributed by atoms with Crippen molar-refractivity contribution in [3.05, 3.63) is 124 Å². The lowest BCUT2D eigenvalue weighted by Gasteiger charge is -2.27. The van der Waals surface area contributed by atoms with Gasteiger partial charge in [0, 0.05) is 24.3 Å². The highest BCUT2D eigenvalue weighted by Gasteiger charge is 2.30. The molecule has 1 saturated heterocycles. The maximum atomic E-state index is 13.9.